The largest absolute Gasteiger partial charge is 1.00 e. The zero-order valence-electron chi connectivity index (χ0n) is 6.43. The first kappa shape index (κ1) is 25.0. The summed E-state index contributed by atoms with van der Waals surface area (Å²) in [6, 6.07) is 0. The molecule has 0 aromatic heterocycles. The third-order valence-electron chi connectivity index (χ3n) is 0. The van der Waals surface area contributed by atoms with Gasteiger partial charge in [0.05, 0.1) is 9.05 Å². The van der Waals surface area contributed by atoms with Gasteiger partial charge in [0.15, 0.2) is 0 Å². The van der Waals surface area contributed by atoms with Crippen molar-refractivity contribution in [2.24, 2.45) is 0 Å². The molecule has 0 aromatic rings. The minimum absolute atomic E-state index is 0. The molecule has 84 valence electrons. The molecular weight excluding hydrogens is 390 g/mol. The van der Waals surface area contributed by atoms with Crippen molar-refractivity contribution in [2.75, 3.05) is 0 Å². The molecule has 1 atom stereocenters. The summed E-state index contributed by atoms with van der Waals surface area (Å²) in [4.78, 5) is 0. The van der Waals surface area contributed by atoms with Gasteiger partial charge in [0.25, 0.3) is 11.4 Å². The zero-order chi connectivity index (χ0) is 11.7. The van der Waals surface area contributed by atoms with E-state index >= 15 is 0 Å². The maximum atomic E-state index is 9.00. The Kier molecular flexibility index (Phi) is 26.7. The van der Waals surface area contributed by atoms with Crippen LogP contribution in [-0.4, -0.2) is 30.1 Å². The fourth-order valence-electron chi connectivity index (χ4n) is 0. The van der Waals surface area contributed by atoms with Crippen molar-refractivity contribution < 1.29 is 87.6 Å². The minimum atomic E-state index is -4.08. The Morgan fingerprint density at radius 3 is 1.36 bits per heavy atom. The fraction of sp³-hybridized carbons (Fsp3) is 0. The summed E-state index contributed by atoms with van der Waals surface area (Å²) in [7, 11) is -4.08. The molecule has 0 spiro atoms. The maximum Gasteiger partial charge on any atom is 1.00 e. The Morgan fingerprint density at radius 2 is 1.36 bits per heavy atom. The Labute approximate surface area is 118 Å². The quantitative estimate of drug-likeness (QED) is 0.175. The predicted octanol–water partition coefficient (Wildman–Crippen LogP) is -9.91. The Morgan fingerprint density at radius 1 is 1.36 bits per heavy atom. The van der Waals surface area contributed by atoms with Gasteiger partial charge in [-0.15, -0.1) is 0 Å². The van der Waals surface area contributed by atoms with Crippen molar-refractivity contribution in [3.63, 3.8) is 0 Å². The summed E-state index contributed by atoms with van der Waals surface area (Å²) in [6.45, 7) is 0. The Balaban J connectivity index is -0.0000000522. The van der Waals surface area contributed by atoms with Crippen LogP contribution in [0.3, 0.4) is 0 Å². The van der Waals surface area contributed by atoms with Gasteiger partial charge < -0.3 is 16.0 Å². The SMILES string of the molecule is O=S(O)O.O=S([O-])(O)=S.[Na+].[O-][I+2]([O-])O. The average molecular weight is 394 g/mol. The molecule has 0 saturated carbocycles. The Hall–Kier alpha value is 1.97. The number of hydrogen-bond acceptors (Lipinski definition) is 7. The monoisotopic (exact) mass is 394 g/mol. The van der Waals surface area contributed by atoms with Crippen molar-refractivity contribution in [1.82, 2.24) is 0 Å². The summed E-state index contributed by atoms with van der Waals surface area (Å²) >= 11 is -3.02. The van der Waals surface area contributed by atoms with E-state index in [-0.39, 0.29) is 29.6 Å². The van der Waals surface area contributed by atoms with Crippen molar-refractivity contribution in [1.29, 1.82) is 0 Å². The van der Waals surface area contributed by atoms with E-state index in [1.54, 1.807) is 0 Å². The minimum Gasteiger partial charge on any atom is -0.748 e. The topological polar surface area (TPSA) is 184 Å². The molecule has 0 aliphatic heterocycles. The molecule has 9 nitrogen and oxygen atoms in total. The van der Waals surface area contributed by atoms with Crippen LogP contribution in [-0.2, 0) is 31.6 Å². The molecule has 0 saturated heterocycles. The van der Waals surface area contributed by atoms with Crippen LogP contribution in [0, 0.1) is 0 Å². The molecule has 14 heteroatoms. The second-order valence-electron chi connectivity index (χ2n) is 0.859. The Bertz CT molecular complexity index is 193. The molecule has 0 aliphatic carbocycles. The van der Waals surface area contributed by atoms with Gasteiger partial charge in [-0.05, 0) is 14.6 Å². The van der Waals surface area contributed by atoms with Gasteiger partial charge in [0.1, 0.15) is 0 Å². The van der Waals surface area contributed by atoms with Crippen LogP contribution in [0.4, 0.5) is 0 Å². The van der Waals surface area contributed by atoms with Crippen molar-refractivity contribution >= 4 is 31.6 Å². The van der Waals surface area contributed by atoms with E-state index in [4.69, 9.17) is 36.9 Å². The van der Waals surface area contributed by atoms with Crippen LogP contribution < -0.4 is 57.5 Å². The summed E-state index contributed by atoms with van der Waals surface area (Å²) in [5, 5.41) is 0. The second-order valence-corrected chi connectivity index (χ2v) is 4.59. The number of hydrogen-bond donors (Lipinski definition) is 4. The summed E-state index contributed by atoms with van der Waals surface area (Å²) < 4.78 is 72.6. The van der Waals surface area contributed by atoms with Gasteiger partial charge in [-0.2, -0.15) is 4.21 Å². The smallest absolute Gasteiger partial charge is 0.748 e. The van der Waals surface area contributed by atoms with Crippen molar-refractivity contribution in [3.8, 4) is 0 Å². The summed E-state index contributed by atoms with van der Waals surface area (Å²) in [5.74, 6) is 0. The molecule has 14 heavy (non-hydrogen) atoms. The molecule has 0 rings (SSSR count). The maximum absolute atomic E-state index is 9.00. The molecule has 4 N–H and O–H groups in total. The molecule has 0 aromatic carbocycles. The predicted molar refractivity (Wildman–Crippen MR) is 34.5 cm³/mol. The molecule has 0 aliphatic rings. The second kappa shape index (κ2) is 15.0. The normalized spacial score (nSPS) is 12.6. The van der Waals surface area contributed by atoms with E-state index in [1.165, 1.54) is 0 Å². The van der Waals surface area contributed by atoms with Crippen LogP contribution in [0.25, 0.3) is 0 Å². The molecule has 0 fully saturated rings. The molecule has 0 heterocycles. The summed E-state index contributed by atoms with van der Waals surface area (Å²) in [5.41, 5.74) is 0. The standard InChI is InChI=1S/HIO3.Na.H2O3S2.H2O3S/c2-1(3)4;;1-5(2,3)4;1-4(2)3/h2H;;(H2,1,2,3,4);(H2,1,2,3)/q;+1;;/p-1. The van der Waals surface area contributed by atoms with E-state index in [0.29, 0.717) is 0 Å². The molecule has 0 radical (unpaired) electrons. The summed E-state index contributed by atoms with van der Waals surface area (Å²) in [6.07, 6.45) is 0. The fourth-order valence-corrected chi connectivity index (χ4v) is 0. The van der Waals surface area contributed by atoms with Crippen LogP contribution in [0.5, 0.6) is 0 Å². The molecule has 1 unspecified atom stereocenters. The van der Waals surface area contributed by atoms with Crippen molar-refractivity contribution in [3.05, 3.63) is 0 Å². The third kappa shape index (κ3) is 606. The first-order valence-corrected chi connectivity index (χ1v) is 7.85. The number of halogens is 1. The van der Waals surface area contributed by atoms with E-state index in [9.17, 15) is 0 Å². The van der Waals surface area contributed by atoms with E-state index < -0.39 is 41.5 Å². The zero-order valence-corrected chi connectivity index (χ0v) is 13.0. The average Bonchev–Trinajstić information content (AvgIpc) is 1.50. The van der Waals surface area contributed by atoms with Crippen molar-refractivity contribution in [2.45, 2.75) is 0 Å². The van der Waals surface area contributed by atoms with Crippen LogP contribution in [0.1, 0.15) is 0 Å². The molecule has 0 bridgehead atoms. The first-order valence-electron chi connectivity index (χ1n) is 1.69. The van der Waals surface area contributed by atoms with Crippen LogP contribution in [0.2, 0.25) is 0 Å². The van der Waals surface area contributed by atoms with Crippen LogP contribution >= 0.6 is 0 Å². The van der Waals surface area contributed by atoms with Crippen LogP contribution in [0.15, 0.2) is 0 Å². The van der Waals surface area contributed by atoms with Gasteiger partial charge in [-0.3, -0.25) is 9.11 Å². The third-order valence-corrected chi connectivity index (χ3v) is 0. The first-order chi connectivity index (χ1) is 5.46. The van der Waals surface area contributed by atoms with Gasteiger partial charge in [-0.1, -0.05) is 0 Å². The van der Waals surface area contributed by atoms with Gasteiger partial charge in [0, 0.05) is 0 Å². The van der Waals surface area contributed by atoms with E-state index in [1.807, 2.05) is 0 Å². The van der Waals surface area contributed by atoms with E-state index in [0.717, 1.165) is 0 Å². The molecule has 0 amide bonds. The number of rotatable bonds is 0. The molecular formula is H4INaO9S3. The van der Waals surface area contributed by atoms with E-state index in [2.05, 4.69) is 11.2 Å². The van der Waals surface area contributed by atoms with Gasteiger partial charge >= 0.3 is 50.6 Å². The van der Waals surface area contributed by atoms with Gasteiger partial charge in [0.2, 0.25) is 0 Å². The van der Waals surface area contributed by atoms with Gasteiger partial charge in [-0.25, -0.2) is 4.21 Å².